The molecule has 0 heterocycles. The number of hydrogen-bond donors (Lipinski definition) is 0. The second-order valence-corrected chi connectivity index (χ2v) is 11.6. The van der Waals surface area contributed by atoms with Crippen LogP contribution in [0.1, 0.15) is 72.1 Å². The van der Waals surface area contributed by atoms with Crippen LogP contribution in [0.2, 0.25) is 0 Å². The van der Waals surface area contributed by atoms with E-state index >= 15 is 0 Å². The normalized spacial score (nSPS) is 48.0. The first kappa shape index (κ1) is 20.0. The molecular formula is C25H44N2. The van der Waals surface area contributed by atoms with E-state index in [2.05, 4.69) is 64.8 Å². The summed E-state index contributed by atoms with van der Waals surface area (Å²) in [6.45, 7) is 7.81. The largest absolute Gasteiger partial charge is 0.306 e. The topological polar surface area (TPSA) is 6.48 Å². The second-order valence-electron chi connectivity index (χ2n) is 11.6. The molecular weight excluding hydrogens is 328 g/mol. The van der Waals surface area contributed by atoms with Gasteiger partial charge in [-0.2, -0.15) is 0 Å². The third kappa shape index (κ3) is 2.96. The molecule has 0 aliphatic heterocycles. The van der Waals surface area contributed by atoms with Crippen molar-refractivity contribution >= 4 is 0 Å². The first-order valence-corrected chi connectivity index (χ1v) is 11.7. The highest BCUT2D eigenvalue weighted by atomic mass is 15.1. The summed E-state index contributed by atoms with van der Waals surface area (Å²) in [6.07, 6.45) is 14.1. The molecule has 0 spiro atoms. The van der Waals surface area contributed by atoms with Crippen LogP contribution < -0.4 is 0 Å². The highest BCUT2D eigenvalue weighted by molar-refractivity contribution is 5.26. The molecule has 2 nitrogen and oxygen atoms in total. The van der Waals surface area contributed by atoms with Crippen LogP contribution >= 0.6 is 0 Å². The molecule has 8 atom stereocenters. The Morgan fingerprint density at radius 3 is 2.37 bits per heavy atom. The fraction of sp³-hybridized carbons (Fsp3) is 0.920. The van der Waals surface area contributed by atoms with Gasteiger partial charge in [-0.1, -0.05) is 25.5 Å². The summed E-state index contributed by atoms with van der Waals surface area (Å²) in [6, 6.07) is 1.49. The van der Waals surface area contributed by atoms with Crippen molar-refractivity contribution in [1.82, 2.24) is 9.80 Å². The molecule has 0 N–H and O–H groups in total. The first-order valence-electron chi connectivity index (χ1n) is 11.7. The van der Waals surface area contributed by atoms with E-state index in [1.54, 1.807) is 0 Å². The van der Waals surface area contributed by atoms with E-state index in [0.29, 0.717) is 10.8 Å². The number of hydrogen-bond acceptors (Lipinski definition) is 2. The minimum atomic E-state index is 0.502. The van der Waals surface area contributed by atoms with E-state index < -0.39 is 0 Å². The lowest BCUT2D eigenvalue weighted by atomic mass is 9.47. The van der Waals surface area contributed by atoms with Crippen LogP contribution in [0, 0.1) is 34.5 Å². The molecule has 27 heavy (non-hydrogen) atoms. The Kier molecular flexibility index (Phi) is 5.08. The molecule has 4 aliphatic carbocycles. The number of nitrogens with zero attached hydrogens (tertiary/aromatic N) is 2. The van der Waals surface area contributed by atoms with Crippen LogP contribution in [0.25, 0.3) is 0 Å². The van der Waals surface area contributed by atoms with Gasteiger partial charge in [0.05, 0.1) is 0 Å². The van der Waals surface area contributed by atoms with Gasteiger partial charge >= 0.3 is 0 Å². The molecule has 1 unspecified atom stereocenters. The zero-order valence-corrected chi connectivity index (χ0v) is 19.1. The van der Waals surface area contributed by atoms with Crippen LogP contribution in [0.5, 0.6) is 0 Å². The molecule has 2 heteroatoms. The maximum atomic E-state index is 2.73. The quantitative estimate of drug-likeness (QED) is 0.608. The van der Waals surface area contributed by atoms with Crippen molar-refractivity contribution in [2.45, 2.75) is 84.2 Å². The lowest BCUT2D eigenvalue weighted by Gasteiger charge is -2.59. The van der Waals surface area contributed by atoms with Crippen molar-refractivity contribution in [1.29, 1.82) is 0 Å². The van der Waals surface area contributed by atoms with Crippen molar-refractivity contribution in [3.63, 3.8) is 0 Å². The molecule has 4 aliphatic rings. The monoisotopic (exact) mass is 372 g/mol. The Bertz CT molecular complexity index is 593. The van der Waals surface area contributed by atoms with Crippen molar-refractivity contribution in [2.75, 3.05) is 28.2 Å². The fourth-order valence-electron chi connectivity index (χ4n) is 8.28. The number of fused-ring (bicyclic) bond motifs is 5. The zero-order valence-electron chi connectivity index (χ0n) is 19.1. The van der Waals surface area contributed by atoms with Gasteiger partial charge in [0, 0.05) is 12.1 Å². The minimum Gasteiger partial charge on any atom is -0.306 e. The average molecular weight is 373 g/mol. The summed E-state index contributed by atoms with van der Waals surface area (Å²) in [4.78, 5) is 4.95. The van der Waals surface area contributed by atoms with Gasteiger partial charge in [-0.05, 0) is 121 Å². The molecule has 0 bridgehead atoms. The Hall–Kier alpha value is -0.340. The predicted octanol–water partition coefficient (Wildman–Crippen LogP) is 5.45. The molecule has 4 rings (SSSR count). The molecule has 0 aromatic heterocycles. The summed E-state index contributed by atoms with van der Waals surface area (Å²) < 4.78 is 0. The summed E-state index contributed by atoms with van der Waals surface area (Å²) in [5.74, 6) is 3.76. The Balaban J connectivity index is 1.59. The predicted molar refractivity (Wildman–Crippen MR) is 116 cm³/mol. The van der Waals surface area contributed by atoms with E-state index in [0.717, 1.165) is 35.8 Å². The molecule has 3 saturated carbocycles. The zero-order chi connectivity index (χ0) is 19.6. The van der Waals surface area contributed by atoms with Crippen molar-refractivity contribution in [2.24, 2.45) is 34.5 Å². The molecule has 0 aromatic carbocycles. The minimum absolute atomic E-state index is 0.502. The van der Waals surface area contributed by atoms with Gasteiger partial charge in [0.2, 0.25) is 0 Å². The van der Waals surface area contributed by atoms with Crippen molar-refractivity contribution in [3.05, 3.63) is 11.6 Å². The summed E-state index contributed by atoms with van der Waals surface area (Å²) in [5, 5.41) is 0. The van der Waals surface area contributed by atoms with Gasteiger partial charge in [0.25, 0.3) is 0 Å². The van der Waals surface area contributed by atoms with Crippen LogP contribution in [0.4, 0.5) is 0 Å². The average Bonchev–Trinajstić information content (AvgIpc) is 2.97. The van der Waals surface area contributed by atoms with Crippen molar-refractivity contribution < 1.29 is 0 Å². The van der Waals surface area contributed by atoms with E-state index in [9.17, 15) is 0 Å². The molecule has 0 aromatic rings. The standard InChI is InChI=1S/C25H44N2/c1-17(26(4)5)21-10-11-22-20-9-8-18-16-19(27(6)7)12-14-24(18,2)23(20)13-15-25(21,22)3/h8,17,19-23H,9-16H2,1-7H3/t17-,19-,20?,21+,22-,23-,24-,25+/m0/s1. The third-order valence-corrected chi connectivity index (χ3v) is 10.3. The van der Waals surface area contributed by atoms with Crippen LogP contribution in [0.15, 0.2) is 11.6 Å². The van der Waals surface area contributed by atoms with Gasteiger partial charge < -0.3 is 9.80 Å². The van der Waals surface area contributed by atoms with E-state index in [4.69, 9.17) is 0 Å². The second kappa shape index (κ2) is 6.87. The summed E-state index contributed by atoms with van der Waals surface area (Å²) >= 11 is 0. The summed E-state index contributed by atoms with van der Waals surface area (Å²) in [7, 11) is 9.12. The third-order valence-electron chi connectivity index (χ3n) is 10.3. The SMILES string of the molecule is C[C@@H]([C@H]1CC[C@H]2C3CC=C4C[C@@H](N(C)C)CC[C@]4(C)[C@H]3CC[C@]12C)N(C)C. The number of allylic oxidation sites excluding steroid dienone is 1. The van der Waals surface area contributed by atoms with E-state index in [1.807, 2.05) is 5.57 Å². The van der Waals surface area contributed by atoms with E-state index in [1.165, 1.54) is 51.4 Å². The Morgan fingerprint density at radius 2 is 1.70 bits per heavy atom. The molecule has 0 radical (unpaired) electrons. The van der Waals surface area contributed by atoms with Gasteiger partial charge in [-0.15, -0.1) is 0 Å². The lowest BCUT2D eigenvalue weighted by Crippen LogP contribution is -2.52. The summed E-state index contributed by atoms with van der Waals surface area (Å²) in [5.41, 5.74) is 2.91. The first-order chi connectivity index (χ1) is 12.7. The molecule has 154 valence electrons. The maximum absolute atomic E-state index is 2.73. The molecule has 0 saturated heterocycles. The van der Waals surface area contributed by atoms with Crippen molar-refractivity contribution in [3.8, 4) is 0 Å². The van der Waals surface area contributed by atoms with Crippen LogP contribution in [-0.4, -0.2) is 50.1 Å². The fourth-order valence-corrected chi connectivity index (χ4v) is 8.28. The molecule has 0 amide bonds. The van der Waals surface area contributed by atoms with Gasteiger partial charge in [0.15, 0.2) is 0 Å². The van der Waals surface area contributed by atoms with Crippen LogP contribution in [0.3, 0.4) is 0 Å². The smallest absolute Gasteiger partial charge is 0.0127 e. The van der Waals surface area contributed by atoms with Gasteiger partial charge in [-0.25, -0.2) is 0 Å². The Morgan fingerprint density at radius 1 is 0.963 bits per heavy atom. The number of rotatable bonds is 3. The lowest BCUT2D eigenvalue weighted by molar-refractivity contribution is -0.0550. The van der Waals surface area contributed by atoms with Gasteiger partial charge in [0.1, 0.15) is 0 Å². The Labute approximate surface area is 168 Å². The maximum Gasteiger partial charge on any atom is 0.0127 e. The highest BCUT2D eigenvalue weighted by Gasteiger charge is 2.59. The van der Waals surface area contributed by atoms with Crippen LogP contribution in [-0.2, 0) is 0 Å². The molecule has 3 fully saturated rings. The van der Waals surface area contributed by atoms with E-state index in [-0.39, 0.29) is 0 Å². The highest BCUT2D eigenvalue weighted by Crippen LogP contribution is 2.66. The van der Waals surface area contributed by atoms with Gasteiger partial charge in [-0.3, -0.25) is 0 Å².